The largest absolute Gasteiger partial charge is 0.493 e. The fourth-order valence-corrected chi connectivity index (χ4v) is 4.88. The van der Waals surface area contributed by atoms with E-state index >= 15 is 0 Å². The fourth-order valence-electron chi connectivity index (χ4n) is 4.53. The minimum absolute atomic E-state index is 0.0360. The van der Waals surface area contributed by atoms with E-state index in [1.165, 1.54) is 11.1 Å². The predicted molar refractivity (Wildman–Crippen MR) is 142 cm³/mol. The van der Waals surface area contributed by atoms with Gasteiger partial charge in [-0.05, 0) is 62.7 Å². The van der Waals surface area contributed by atoms with Gasteiger partial charge in [0.1, 0.15) is 5.76 Å². The smallest absolute Gasteiger partial charge is 0.176 e. The second-order valence-electron chi connectivity index (χ2n) is 8.90. The van der Waals surface area contributed by atoms with Crippen LogP contribution in [0, 0.1) is 13.8 Å². The van der Waals surface area contributed by atoms with E-state index in [-0.39, 0.29) is 6.04 Å². The van der Waals surface area contributed by atoms with Crippen molar-refractivity contribution in [3.8, 4) is 5.75 Å². The van der Waals surface area contributed by atoms with Crippen molar-refractivity contribution in [2.24, 2.45) is 0 Å². The molecule has 34 heavy (non-hydrogen) atoms. The van der Waals surface area contributed by atoms with Crippen molar-refractivity contribution in [2.75, 3.05) is 51.8 Å². The molecular weight excluding hydrogens is 446 g/mol. The van der Waals surface area contributed by atoms with Crippen LogP contribution in [0.3, 0.4) is 0 Å². The molecule has 7 heteroatoms. The Bertz CT molecular complexity index is 1100. The zero-order valence-electron chi connectivity index (χ0n) is 20.6. The van der Waals surface area contributed by atoms with Crippen molar-refractivity contribution in [1.82, 2.24) is 9.80 Å². The number of benzene rings is 2. The number of ether oxygens (including phenoxy) is 2. The summed E-state index contributed by atoms with van der Waals surface area (Å²) in [5.74, 6) is 1.61. The number of thiocarbonyl (C=S) groups is 1. The summed E-state index contributed by atoms with van der Waals surface area (Å²) in [7, 11) is 1.67. The normalized spacial score (nSPS) is 15.3. The van der Waals surface area contributed by atoms with Crippen molar-refractivity contribution < 1.29 is 13.9 Å². The number of fused-ring (bicyclic) bond motifs is 1. The van der Waals surface area contributed by atoms with Crippen LogP contribution in [0.2, 0.25) is 0 Å². The van der Waals surface area contributed by atoms with E-state index < -0.39 is 0 Å². The Morgan fingerprint density at radius 3 is 2.56 bits per heavy atom. The van der Waals surface area contributed by atoms with E-state index in [9.17, 15) is 0 Å². The molecule has 0 saturated carbocycles. The van der Waals surface area contributed by atoms with Crippen molar-refractivity contribution in [1.29, 1.82) is 0 Å². The molecule has 182 valence electrons. The second kappa shape index (κ2) is 11.2. The minimum atomic E-state index is -0.0360. The molecule has 0 aliphatic carbocycles. The maximum Gasteiger partial charge on any atom is 0.176 e. The van der Waals surface area contributed by atoms with Crippen LogP contribution in [0.15, 0.2) is 46.9 Å². The summed E-state index contributed by atoms with van der Waals surface area (Å²) in [5.41, 5.74) is 4.20. The van der Waals surface area contributed by atoms with E-state index in [0.29, 0.717) is 5.11 Å². The molecular formula is C27H35N3O3S. The molecule has 1 fully saturated rings. The molecule has 1 aliphatic heterocycles. The number of anilines is 1. The third kappa shape index (κ3) is 5.54. The molecule has 6 nitrogen and oxygen atoms in total. The van der Waals surface area contributed by atoms with E-state index in [1.54, 1.807) is 7.11 Å². The lowest BCUT2D eigenvalue weighted by Crippen LogP contribution is -2.41. The summed E-state index contributed by atoms with van der Waals surface area (Å²) in [6.45, 7) is 11.8. The Labute approximate surface area is 207 Å². The highest BCUT2D eigenvalue weighted by molar-refractivity contribution is 7.80. The molecule has 1 saturated heterocycles. The van der Waals surface area contributed by atoms with Gasteiger partial charge in [-0.15, -0.1) is 0 Å². The first-order chi connectivity index (χ1) is 16.5. The number of aryl methyl sites for hydroxylation is 2. The number of nitrogens with one attached hydrogen (secondary N) is 1. The zero-order chi connectivity index (χ0) is 24.1. The van der Waals surface area contributed by atoms with Gasteiger partial charge in [0.05, 0.1) is 26.4 Å². The van der Waals surface area contributed by atoms with Crippen LogP contribution in [0.25, 0.3) is 11.0 Å². The average Bonchev–Trinajstić information content (AvgIpc) is 3.29. The molecule has 0 radical (unpaired) electrons. The summed E-state index contributed by atoms with van der Waals surface area (Å²) < 4.78 is 17.3. The summed E-state index contributed by atoms with van der Waals surface area (Å²) in [6.07, 6.45) is 1.00. The molecule has 4 rings (SSSR count). The molecule has 1 atom stereocenters. The van der Waals surface area contributed by atoms with Gasteiger partial charge in [-0.1, -0.05) is 30.3 Å². The maximum atomic E-state index is 6.30. The van der Waals surface area contributed by atoms with Crippen LogP contribution in [0.4, 0.5) is 5.69 Å². The number of para-hydroxylation sites is 2. The molecule has 3 aromatic rings. The number of furan rings is 1. The lowest BCUT2D eigenvalue weighted by Gasteiger charge is -2.33. The fraction of sp³-hybridized carbons (Fsp3) is 0.444. The Kier molecular flexibility index (Phi) is 8.08. The number of nitrogens with zero attached hydrogens (tertiary/aromatic N) is 2. The van der Waals surface area contributed by atoms with Crippen LogP contribution < -0.4 is 10.1 Å². The topological polar surface area (TPSA) is 50.1 Å². The molecule has 0 unspecified atom stereocenters. The van der Waals surface area contributed by atoms with Crippen molar-refractivity contribution in [2.45, 2.75) is 33.2 Å². The number of methoxy groups -OCH3 is 1. The number of morpholine rings is 1. The lowest BCUT2D eigenvalue weighted by atomic mass is 10.1. The highest BCUT2D eigenvalue weighted by Crippen LogP contribution is 2.33. The first-order valence-electron chi connectivity index (χ1n) is 12.0. The van der Waals surface area contributed by atoms with Gasteiger partial charge in [-0.25, -0.2) is 0 Å². The van der Waals surface area contributed by atoms with Crippen LogP contribution in [-0.4, -0.2) is 61.4 Å². The van der Waals surface area contributed by atoms with Crippen LogP contribution in [-0.2, 0) is 4.74 Å². The minimum Gasteiger partial charge on any atom is -0.493 e. The van der Waals surface area contributed by atoms with Crippen molar-refractivity contribution in [3.05, 3.63) is 59.4 Å². The standard InChI is InChI=1S/C27H35N3O3S/c1-19-8-5-9-20(2)25(19)28-27(34)30(13-7-12-29-14-16-32-17-15-29)21(3)24-18-22-10-6-11-23(31-4)26(22)33-24/h5-6,8-11,18,21H,7,12-17H2,1-4H3,(H,28,34)/t21-/m0/s1. The molecule has 1 aromatic heterocycles. The molecule has 0 bridgehead atoms. The molecule has 0 amide bonds. The molecule has 1 N–H and O–H groups in total. The van der Waals surface area contributed by atoms with Gasteiger partial charge in [0.25, 0.3) is 0 Å². The molecule has 2 aromatic carbocycles. The predicted octanol–water partition coefficient (Wildman–Crippen LogP) is 5.54. The number of rotatable bonds is 8. The summed E-state index contributed by atoms with van der Waals surface area (Å²) in [6, 6.07) is 14.3. The van der Waals surface area contributed by atoms with Crippen molar-refractivity contribution >= 4 is 34.0 Å². The van der Waals surface area contributed by atoms with Gasteiger partial charge in [-0.2, -0.15) is 0 Å². The number of hydrogen-bond acceptors (Lipinski definition) is 5. The third-order valence-electron chi connectivity index (χ3n) is 6.58. The Morgan fingerprint density at radius 1 is 1.15 bits per heavy atom. The van der Waals surface area contributed by atoms with Crippen molar-refractivity contribution in [3.63, 3.8) is 0 Å². The highest BCUT2D eigenvalue weighted by Gasteiger charge is 2.24. The van der Waals surface area contributed by atoms with E-state index in [4.69, 9.17) is 26.1 Å². The quantitative estimate of drug-likeness (QED) is 0.424. The second-order valence-corrected chi connectivity index (χ2v) is 9.29. The lowest BCUT2D eigenvalue weighted by molar-refractivity contribution is 0.0365. The van der Waals surface area contributed by atoms with Crippen LogP contribution in [0.5, 0.6) is 5.75 Å². The number of hydrogen-bond donors (Lipinski definition) is 1. The van der Waals surface area contributed by atoms with Gasteiger partial charge in [0.2, 0.25) is 0 Å². The summed E-state index contributed by atoms with van der Waals surface area (Å²) in [5, 5.41) is 5.27. The SMILES string of the molecule is COc1cccc2cc([C@H](C)N(CCCN3CCOCC3)C(=S)Nc3c(C)cccc3C)oc12. The van der Waals surface area contributed by atoms with Gasteiger partial charge in [-0.3, -0.25) is 4.90 Å². The maximum absolute atomic E-state index is 6.30. The van der Waals surface area contributed by atoms with Crippen LogP contribution >= 0.6 is 12.2 Å². The monoisotopic (exact) mass is 481 g/mol. The first kappa shape index (κ1) is 24.5. The zero-order valence-corrected chi connectivity index (χ0v) is 21.4. The van der Waals surface area contributed by atoms with Gasteiger partial charge < -0.3 is 24.1 Å². The Balaban J connectivity index is 1.56. The van der Waals surface area contributed by atoms with Gasteiger partial charge >= 0.3 is 0 Å². The van der Waals surface area contributed by atoms with Crippen LogP contribution in [0.1, 0.15) is 36.3 Å². The summed E-state index contributed by atoms with van der Waals surface area (Å²) in [4.78, 5) is 4.70. The van der Waals surface area contributed by atoms with Gasteiger partial charge in [0, 0.05) is 37.3 Å². The summed E-state index contributed by atoms with van der Waals surface area (Å²) >= 11 is 5.97. The first-order valence-corrected chi connectivity index (χ1v) is 12.4. The Hall–Kier alpha value is -2.61. The average molecular weight is 482 g/mol. The molecule has 0 spiro atoms. The van der Waals surface area contributed by atoms with E-state index in [0.717, 1.165) is 74.0 Å². The van der Waals surface area contributed by atoms with Gasteiger partial charge in [0.15, 0.2) is 16.4 Å². The highest BCUT2D eigenvalue weighted by atomic mass is 32.1. The molecule has 1 aliphatic rings. The van der Waals surface area contributed by atoms with E-state index in [1.807, 2.05) is 18.2 Å². The van der Waals surface area contributed by atoms with E-state index in [2.05, 4.69) is 60.2 Å². The Morgan fingerprint density at radius 2 is 1.85 bits per heavy atom. The molecule has 2 heterocycles. The third-order valence-corrected chi connectivity index (χ3v) is 6.91.